The van der Waals surface area contributed by atoms with Crippen LogP contribution in [0.25, 0.3) is 0 Å². The van der Waals surface area contributed by atoms with Crippen molar-refractivity contribution in [3.8, 4) is 0 Å². The first-order valence-electron chi connectivity index (χ1n) is 7.71. The van der Waals surface area contributed by atoms with E-state index in [4.69, 9.17) is 18.9 Å². The summed E-state index contributed by atoms with van der Waals surface area (Å²) >= 11 is 0. The molecule has 0 unspecified atom stereocenters. The fourth-order valence-electron chi connectivity index (χ4n) is 2.53. The lowest BCUT2D eigenvalue weighted by Gasteiger charge is -2.30. The largest absolute Gasteiger partial charge is 0.444 e. The Morgan fingerprint density at radius 1 is 1.36 bits per heavy atom. The number of amides is 1. The van der Waals surface area contributed by atoms with Gasteiger partial charge in [0.1, 0.15) is 11.7 Å². The predicted molar refractivity (Wildman–Crippen MR) is 81.5 cm³/mol. The van der Waals surface area contributed by atoms with Gasteiger partial charge in [-0.1, -0.05) is 12.2 Å². The number of alkyl carbamates (subject to hydrolysis) is 1. The predicted octanol–water partition coefficient (Wildman–Crippen LogP) is 2.37. The topological polar surface area (TPSA) is 66.0 Å². The van der Waals surface area contributed by atoms with E-state index in [0.717, 1.165) is 0 Å². The zero-order chi connectivity index (χ0) is 16.5. The molecule has 0 aliphatic carbocycles. The third-order valence-corrected chi connectivity index (χ3v) is 3.41. The molecule has 0 aromatic rings. The van der Waals surface area contributed by atoms with Crippen molar-refractivity contribution in [2.24, 2.45) is 0 Å². The van der Waals surface area contributed by atoms with Crippen LogP contribution in [0.1, 0.15) is 41.5 Å². The Labute approximate surface area is 132 Å². The van der Waals surface area contributed by atoms with Crippen LogP contribution < -0.4 is 5.32 Å². The number of nitrogens with one attached hydrogen (secondary N) is 1. The standard InChI is InChI=1S/C16H27NO5/c1-10-7-8-11(20-10)13(12-9-19-16(5,6)21-12)17-14(18)22-15(2,3)4/h7-8,10-13H,9H2,1-6H3,(H,17,18)/t10-,11+,12+,13-/m0/s1. The minimum atomic E-state index is -0.660. The fourth-order valence-corrected chi connectivity index (χ4v) is 2.53. The van der Waals surface area contributed by atoms with Crippen molar-refractivity contribution in [2.45, 2.75) is 77.3 Å². The van der Waals surface area contributed by atoms with Gasteiger partial charge in [-0.15, -0.1) is 0 Å². The van der Waals surface area contributed by atoms with Gasteiger partial charge in [-0.05, 0) is 41.5 Å². The Bertz CT molecular complexity index is 440. The fraction of sp³-hybridized carbons (Fsp3) is 0.812. The molecule has 2 rings (SSSR count). The summed E-state index contributed by atoms with van der Waals surface area (Å²) in [5.74, 6) is -0.660. The van der Waals surface area contributed by atoms with Crippen molar-refractivity contribution in [2.75, 3.05) is 6.61 Å². The number of rotatable bonds is 3. The van der Waals surface area contributed by atoms with Gasteiger partial charge in [0.2, 0.25) is 0 Å². The molecule has 2 aliphatic rings. The van der Waals surface area contributed by atoms with Crippen molar-refractivity contribution >= 4 is 6.09 Å². The summed E-state index contributed by atoms with van der Waals surface area (Å²) < 4.78 is 22.7. The molecule has 0 radical (unpaired) electrons. The van der Waals surface area contributed by atoms with Crippen molar-refractivity contribution in [1.29, 1.82) is 0 Å². The normalized spacial score (nSPS) is 32.0. The van der Waals surface area contributed by atoms with Crippen LogP contribution in [0.2, 0.25) is 0 Å². The lowest BCUT2D eigenvalue weighted by atomic mass is 10.1. The second-order valence-corrected chi connectivity index (χ2v) is 7.23. The van der Waals surface area contributed by atoms with E-state index in [1.165, 1.54) is 0 Å². The first-order chi connectivity index (χ1) is 10.1. The lowest BCUT2D eigenvalue weighted by molar-refractivity contribution is -0.145. The quantitative estimate of drug-likeness (QED) is 0.810. The summed E-state index contributed by atoms with van der Waals surface area (Å²) in [6.07, 6.45) is 2.90. The van der Waals surface area contributed by atoms with E-state index >= 15 is 0 Å². The molecule has 2 aliphatic heterocycles. The van der Waals surface area contributed by atoms with Crippen LogP contribution in [0.4, 0.5) is 4.79 Å². The van der Waals surface area contributed by atoms with Crippen LogP contribution in [-0.4, -0.2) is 48.4 Å². The van der Waals surface area contributed by atoms with Crippen molar-refractivity contribution in [3.63, 3.8) is 0 Å². The summed E-state index contributed by atoms with van der Waals surface area (Å²) in [5, 5.41) is 2.87. The van der Waals surface area contributed by atoms with Crippen molar-refractivity contribution in [3.05, 3.63) is 12.2 Å². The van der Waals surface area contributed by atoms with Crippen LogP contribution in [0.5, 0.6) is 0 Å². The molecule has 1 saturated heterocycles. The molecule has 1 fully saturated rings. The number of ether oxygens (including phenoxy) is 4. The molecular weight excluding hydrogens is 286 g/mol. The van der Waals surface area contributed by atoms with Gasteiger partial charge in [0.05, 0.1) is 24.9 Å². The summed E-state index contributed by atoms with van der Waals surface area (Å²) in [5.41, 5.74) is -0.555. The maximum Gasteiger partial charge on any atom is 0.408 e. The maximum absolute atomic E-state index is 12.1. The molecule has 126 valence electrons. The summed E-state index contributed by atoms with van der Waals surface area (Å²) in [7, 11) is 0. The second kappa shape index (κ2) is 6.18. The molecule has 22 heavy (non-hydrogen) atoms. The van der Waals surface area contributed by atoms with Gasteiger partial charge in [0.25, 0.3) is 0 Å². The third kappa shape index (κ3) is 4.69. The number of hydrogen-bond donors (Lipinski definition) is 1. The van der Waals surface area contributed by atoms with Crippen molar-refractivity contribution in [1.82, 2.24) is 5.32 Å². The van der Waals surface area contributed by atoms with Crippen LogP contribution in [0.15, 0.2) is 12.2 Å². The highest BCUT2D eigenvalue weighted by Gasteiger charge is 2.42. The molecule has 0 aromatic heterocycles. The van der Waals surface area contributed by atoms with Gasteiger partial charge in [0, 0.05) is 0 Å². The van der Waals surface area contributed by atoms with Crippen LogP contribution >= 0.6 is 0 Å². The maximum atomic E-state index is 12.1. The number of carbonyl (C=O) groups is 1. The van der Waals surface area contributed by atoms with Crippen LogP contribution in [0, 0.1) is 0 Å². The number of hydrogen-bond acceptors (Lipinski definition) is 5. The first-order valence-corrected chi connectivity index (χ1v) is 7.71. The molecule has 1 amide bonds. The van der Waals surface area contributed by atoms with Gasteiger partial charge in [-0.25, -0.2) is 4.79 Å². The Balaban J connectivity index is 2.06. The zero-order valence-corrected chi connectivity index (χ0v) is 14.2. The smallest absolute Gasteiger partial charge is 0.408 e. The van der Waals surface area contributed by atoms with E-state index in [2.05, 4.69) is 5.32 Å². The van der Waals surface area contributed by atoms with Crippen molar-refractivity contribution < 1.29 is 23.7 Å². The summed E-state index contributed by atoms with van der Waals surface area (Å²) in [4.78, 5) is 12.1. The van der Waals surface area contributed by atoms with E-state index in [1.807, 2.05) is 53.7 Å². The highest BCUT2D eigenvalue weighted by atomic mass is 16.7. The first kappa shape index (κ1) is 17.2. The molecule has 0 spiro atoms. The number of carbonyl (C=O) groups excluding carboxylic acids is 1. The van der Waals surface area contributed by atoms with Crippen LogP contribution in [-0.2, 0) is 18.9 Å². The zero-order valence-electron chi connectivity index (χ0n) is 14.2. The minimum Gasteiger partial charge on any atom is -0.444 e. The highest BCUT2D eigenvalue weighted by Crippen LogP contribution is 2.28. The van der Waals surface area contributed by atoms with E-state index in [-0.39, 0.29) is 24.4 Å². The van der Waals surface area contributed by atoms with E-state index in [9.17, 15) is 4.79 Å². The SMILES string of the molecule is C[C@H]1C=C[C@H]([C@H](NC(=O)OC(C)(C)C)[C@H]2COC(C)(C)O2)O1. The molecule has 0 bridgehead atoms. The van der Waals surface area contributed by atoms with Crippen LogP contribution in [0.3, 0.4) is 0 Å². The molecule has 0 aromatic carbocycles. The Morgan fingerprint density at radius 3 is 2.50 bits per heavy atom. The van der Waals surface area contributed by atoms with Gasteiger partial charge < -0.3 is 24.3 Å². The Kier molecular flexibility index (Phi) is 4.84. The van der Waals surface area contributed by atoms with Gasteiger partial charge in [0.15, 0.2) is 5.79 Å². The summed E-state index contributed by atoms with van der Waals surface area (Å²) in [6.45, 7) is 11.5. The average Bonchev–Trinajstić information content (AvgIpc) is 2.90. The molecule has 4 atom stereocenters. The molecule has 0 saturated carbocycles. The Morgan fingerprint density at radius 2 is 2.05 bits per heavy atom. The Hall–Kier alpha value is -1.11. The van der Waals surface area contributed by atoms with Gasteiger partial charge in [-0.3, -0.25) is 0 Å². The summed E-state index contributed by atoms with van der Waals surface area (Å²) in [6, 6.07) is -0.363. The monoisotopic (exact) mass is 313 g/mol. The lowest BCUT2D eigenvalue weighted by Crippen LogP contribution is -2.53. The molecule has 6 heteroatoms. The average molecular weight is 313 g/mol. The molecule has 1 N–H and O–H groups in total. The van der Waals surface area contributed by atoms with E-state index in [1.54, 1.807) is 0 Å². The molecule has 2 heterocycles. The molecule has 6 nitrogen and oxygen atoms in total. The van der Waals surface area contributed by atoms with Gasteiger partial charge in [-0.2, -0.15) is 0 Å². The van der Waals surface area contributed by atoms with E-state index in [0.29, 0.717) is 6.61 Å². The second-order valence-electron chi connectivity index (χ2n) is 7.23. The third-order valence-electron chi connectivity index (χ3n) is 3.41. The highest BCUT2D eigenvalue weighted by molar-refractivity contribution is 5.68. The van der Waals surface area contributed by atoms with Gasteiger partial charge >= 0.3 is 6.09 Å². The van der Waals surface area contributed by atoms with E-state index < -0.39 is 17.5 Å². The minimum absolute atomic E-state index is 0.0169. The molecular formula is C16H27NO5.